The number of carbonyl (C=O) groups is 3. The highest BCUT2D eigenvalue weighted by Crippen LogP contribution is 2.32. The number of hydrogen-bond acceptors (Lipinski definition) is 6. The Labute approximate surface area is 179 Å². The number of ether oxygens (including phenoxy) is 1. The molecule has 9 nitrogen and oxygen atoms in total. The molecule has 1 saturated heterocycles. The molecule has 11 heteroatoms. The number of hydrogen-bond donors (Lipinski definition) is 2. The second-order valence-corrected chi connectivity index (χ2v) is 8.22. The van der Waals surface area contributed by atoms with Crippen molar-refractivity contribution in [3.05, 3.63) is 29.6 Å². The minimum absolute atomic E-state index is 0.00758. The van der Waals surface area contributed by atoms with Gasteiger partial charge < -0.3 is 20.3 Å². The number of aromatic nitrogens is 1. The quantitative estimate of drug-likeness (QED) is 0.629. The number of carbonyl (C=O) groups excluding carboxylic acids is 3. The van der Waals surface area contributed by atoms with Crippen molar-refractivity contribution in [2.24, 2.45) is 4.99 Å². The van der Waals surface area contributed by atoms with Crippen LogP contribution < -0.4 is 10.6 Å². The molecular weight excluding hydrogens is 412 g/mol. The molecule has 0 bridgehead atoms. The number of halogens is 2. The third-order valence-electron chi connectivity index (χ3n) is 4.33. The summed E-state index contributed by atoms with van der Waals surface area (Å²) in [5.74, 6) is -4.19. The van der Waals surface area contributed by atoms with Crippen molar-refractivity contribution < 1.29 is 27.9 Å². The van der Waals surface area contributed by atoms with E-state index in [1.54, 1.807) is 20.8 Å². The van der Waals surface area contributed by atoms with E-state index in [2.05, 4.69) is 27.3 Å². The first kappa shape index (κ1) is 24.2. The fourth-order valence-corrected chi connectivity index (χ4v) is 3.05. The summed E-state index contributed by atoms with van der Waals surface area (Å²) in [7, 11) is 0. The van der Waals surface area contributed by atoms with Crippen LogP contribution in [0.2, 0.25) is 0 Å². The SMILES string of the molecule is C=NC[C@@H]1CC(F)(F)CN1C(=O)CNC(=O)c1ccnc(CNC(=O)OC(C)(C)C)c1. The first-order valence-corrected chi connectivity index (χ1v) is 9.70. The molecule has 0 spiro atoms. The van der Waals surface area contributed by atoms with Crippen LogP contribution in [-0.2, 0) is 16.1 Å². The highest BCUT2D eigenvalue weighted by molar-refractivity contribution is 5.96. The van der Waals surface area contributed by atoms with Crippen molar-refractivity contribution in [2.75, 3.05) is 19.6 Å². The number of amides is 3. The molecule has 1 aliphatic rings. The van der Waals surface area contributed by atoms with Crippen LogP contribution in [0, 0.1) is 0 Å². The zero-order valence-corrected chi connectivity index (χ0v) is 17.8. The van der Waals surface area contributed by atoms with Crippen molar-refractivity contribution in [3.8, 4) is 0 Å². The second-order valence-electron chi connectivity index (χ2n) is 8.22. The minimum atomic E-state index is -2.99. The predicted molar refractivity (Wildman–Crippen MR) is 109 cm³/mol. The maximum absolute atomic E-state index is 13.7. The van der Waals surface area contributed by atoms with Gasteiger partial charge in [0.1, 0.15) is 5.60 Å². The van der Waals surface area contributed by atoms with Crippen molar-refractivity contribution in [2.45, 2.75) is 51.3 Å². The lowest BCUT2D eigenvalue weighted by Gasteiger charge is -2.22. The van der Waals surface area contributed by atoms with E-state index in [1.165, 1.54) is 18.3 Å². The van der Waals surface area contributed by atoms with E-state index in [0.29, 0.717) is 5.69 Å². The van der Waals surface area contributed by atoms with Gasteiger partial charge in [0, 0.05) is 18.2 Å². The molecule has 0 radical (unpaired) electrons. The summed E-state index contributed by atoms with van der Waals surface area (Å²) in [5, 5.41) is 4.96. The van der Waals surface area contributed by atoms with Gasteiger partial charge in [-0.3, -0.25) is 19.6 Å². The number of aliphatic imine (C=N–C) groups is 1. The molecule has 0 aliphatic carbocycles. The first-order valence-electron chi connectivity index (χ1n) is 9.70. The lowest BCUT2D eigenvalue weighted by molar-refractivity contribution is -0.132. The summed E-state index contributed by atoms with van der Waals surface area (Å²) < 4.78 is 32.5. The Morgan fingerprint density at radius 1 is 1.35 bits per heavy atom. The molecular formula is C20H27F2N5O4. The third kappa shape index (κ3) is 7.58. The Kier molecular flexibility index (Phi) is 7.64. The van der Waals surface area contributed by atoms with E-state index in [4.69, 9.17) is 4.74 Å². The van der Waals surface area contributed by atoms with Crippen molar-refractivity contribution in [1.29, 1.82) is 0 Å². The summed E-state index contributed by atoms with van der Waals surface area (Å²) in [6.45, 7) is 7.38. The standard InChI is InChI=1S/C20H27F2N5O4/c1-19(2,3)31-18(30)26-9-14-7-13(5-6-24-14)17(29)25-11-16(28)27-12-20(21,22)8-15(27)10-23-4/h5-7,15H,4,8-12H2,1-3H3,(H,25,29)(H,26,30)/t15-/m0/s1. The topological polar surface area (TPSA) is 113 Å². The summed E-state index contributed by atoms with van der Waals surface area (Å²) in [6.07, 6.45) is 0.278. The average molecular weight is 439 g/mol. The van der Waals surface area contributed by atoms with Crippen LogP contribution >= 0.6 is 0 Å². The molecule has 1 fully saturated rings. The molecule has 1 aliphatic heterocycles. The zero-order chi connectivity index (χ0) is 23.2. The molecule has 1 aromatic heterocycles. The summed E-state index contributed by atoms with van der Waals surface area (Å²) >= 11 is 0. The normalized spacial score (nSPS) is 17.7. The van der Waals surface area contributed by atoms with Crippen LogP contribution in [0.3, 0.4) is 0 Å². The molecule has 3 amide bonds. The van der Waals surface area contributed by atoms with Gasteiger partial charge in [-0.25, -0.2) is 13.6 Å². The van der Waals surface area contributed by atoms with Crippen LogP contribution in [0.15, 0.2) is 23.3 Å². The van der Waals surface area contributed by atoms with E-state index in [9.17, 15) is 23.2 Å². The van der Waals surface area contributed by atoms with Gasteiger partial charge in [-0.05, 0) is 39.6 Å². The smallest absolute Gasteiger partial charge is 0.407 e. The first-order chi connectivity index (χ1) is 14.4. The van der Waals surface area contributed by atoms with Crippen LogP contribution in [0.4, 0.5) is 13.6 Å². The van der Waals surface area contributed by atoms with Crippen LogP contribution in [0.25, 0.3) is 0 Å². The fraction of sp³-hybridized carbons (Fsp3) is 0.550. The molecule has 170 valence electrons. The number of pyridine rings is 1. The average Bonchev–Trinajstić information content (AvgIpc) is 2.98. The zero-order valence-electron chi connectivity index (χ0n) is 17.8. The summed E-state index contributed by atoms with van der Waals surface area (Å²) in [5.41, 5.74) is -0.0350. The Morgan fingerprint density at radius 3 is 2.71 bits per heavy atom. The minimum Gasteiger partial charge on any atom is -0.444 e. The van der Waals surface area contributed by atoms with Crippen molar-refractivity contribution in [3.63, 3.8) is 0 Å². The molecule has 2 rings (SSSR count). The molecule has 31 heavy (non-hydrogen) atoms. The van der Waals surface area contributed by atoms with Crippen molar-refractivity contribution >= 4 is 24.6 Å². The largest absolute Gasteiger partial charge is 0.444 e. The number of nitrogens with zero attached hydrogens (tertiary/aromatic N) is 3. The monoisotopic (exact) mass is 439 g/mol. The lowest BCUT2D eigenvalue weighted by Crippen LogP contribution is -2.44. The number of alkyl halides is 2. The van der Waals surface area contributed by atoms with Gasteiger partial charge in [-0.15, -0.1) is 0 Å². The van der Waals surface area contributed by atoms with Crippen LogP contribution in [0.1, 0.15) is 43.2 Å². The third-order valence-corrected chi connectivity index (χ3v) is 4.33. The predicted octanol–water partition coefficient (Wildman–Crippen LogP) is 1.77. The van der Waals surface area contributed by atoms with E-state index < -0.39 is 55.0 Å². The second kappa shape index (κ2) is 9.80. The Balaban J connectivity index is 1.91. The lowest BCUT2D eigenvalue weighted by atomic mass is 10.2. The highest BCUT2D eigenvalue weighted by Gasteiger charge is 2.46. The maximum atomic E-state index is 13.7. The molecule has 1 atom stereocenters. The molecule has 0 unspecified atom stereocenters. The van der Waals surface area contributed by atoms with Crippen LogP contribution in [0.5, 0.6) is 0 Å². The molecule has 0 saturated carbocycles. The van der Waals surface area contributed by atoms with Gasteiger partial charge in [-0.1, -0.05) is 0 Å². The Bertz CT molecular complexity index is 841. The number of likely N-dealkylation sites (tertiary alicyclic amines) is 1. The van der Waals surface area contributed by atoms with E-state index in [-0.39, 0.29) is 18.7 Å². The van der Waals surface area contributed by atoms with Gasteiger partial charge in [0.15, 0.2) is 0 Å². The molecule has 2 N–H and O–H groups in total. The van der Waals surface area contributed by atoms with Gasteiger partial charge in [0.05, 0.1) is 37.9 Å². The molecule has 1 aromatic rings. The summed E-state index contributed by atoms with van der Waals surface area (Å²) in [4.78, 5) is 45.2. The van der Waals surface area contributed by atoms with Gasteiger partial charge in [-0.2, -0.15) is 0 Å². The van der Waals surface area contributed by atoms with Gasteiger partial charge in [0.25, 0.3) is 11.8 Å². The Morgan fingerprint density at radius 2 is 2.06 bits per heavy atom. The Hall–Kier alpha value is -3.11. The molecule has 0 aromatic carbocycles. The summed E-state index contributed by atoms with van der Waals surface area (Å²) in [6, 6.07) is 2.14. The van der Waals surface area contributed by atoms with E-state index >= 15 is 0 Å². The van der Waals surface area contributed by atoms with Crippen LogP contribution in [-0.4, -0.2) is 71.7 Å². The highest BCUT2D eigenvalue weighted by atomic mass is 19.3. The maximum Gasteiger partial charge on any atom is 0.407 e. The van der Waals surface area contributed by atoms with Gasteiger partial charge >= 0.3 is 6.09 Å². The van der Waals surface area contributed by atoms with Crippen molar-refractivity contribution in [1.82, 2.24) is 20.5 Å². The number of alkyl carbamates (subject to hydrolysis) is 1. The van der Waals surface area contributed by atoms with Gasteiger partial charge in [0.2, 0.25) is 5.91 Å². The van der Waals surface area contributed by atoms with E-state index in [1.807, 2.05) is 0 Å². The van der Waals surface area contributed by atoms with E-state index in [0.717, 1.165) is 4.90 Å². The number of rotatable bonds is 7. The fourth-order valence-electron chi connectivity index (χ4n) is 3.05. The number of nitrogens with one attached hydrogen (secondary N) is 2. The molecule has 2 heterocycles.